The van der Waals surface area contributed by atoms with Gasteiger partial charge in [0.1, 0.15) is 23.5 Å². The second-order valence-electron chi connectivity index (χ2n) is 11.9. The van der Waals surface area contributed by atoms with E-state index in [1.54, 1.807) is 54.7 Å². The van der Waals surface area contributed by atoms with Crippen molar-refractivity contribution in [3.05, 3.63) is 105 Å². The molecule has 4 heterocycles. The van der Waals surface area contributed by atoms with Crippen LogP contribution in [0.5, 0.6) is 0 Å². The second-order valence-corrected chi connectivity index (χ2v) is 12.3. The molecule has 11 nitrogen and oxygen atoms in total. The monoisotopic (exact) mass is 673 g/mol. The minimum Gasteiger partial charge on any atom is -0.376 e. The van der Waals surface area contributed by atoms with E-state index in [0.717, 1.165) is 23.1 Å². The quantitative estimate of drug-likeness (QED) is 0.193. The first-order chi connectivity index (χ1) is 22.7. The van der Waals surface area contributed by atoms with Gasteiger partial charge in [0, 0.05) is 23.8 Å². The van der Waals surface area contributed by atoms with E-state index in [1.807, 2.05) is 0 Å². The first-order valence-electron chi connectivity index (χ1n) is 14.4. The smallest absolute Gasteiger partial charge is 0.376 e. The number of alkyl halides is 3. The third-order valence-electron chi connectivity index (χ3n) is 8.71. The SMILES string of the molecule is Cn1ncnc1[C@@H]1c2n[nH]c(=O)c3cc(F)cc(c23)N[C@H]1c1ccc(N2C(=S)N(c3ccc(C#N)c(C(F)(F)F)c3)C(=O)C2(C)C)cc1. The van der Waals surface area contributed by atoms with Crippen LogP contribution in [-0.2, 0) is 18.0 Å². The van der Waals surface area contributed by atoms with Crippen molar-refractivity contribution in [1.29, 1.82) is 5.26 Å². The van der Waals surface area contributed by atoms with E-state index in [1.165, 1.54) is 24.5 Å². The number of hydrogen-bond acceptors (Lipinski definition) is 8. The highest BCUT2D eigenvalue weighted by Gasteiger charge is 2.51. The lowest BCUT2D eigenvalue weighted by Gasteiger charge is -2.34. The van der Waals surface area contributed by atoms with Gasteiger partial charge in [0.2, 0.25) is 0 Å². The maximum absolute atomic E-state index is 14.7. The van der Waals surface area contributed by atoms with Crippen LogP contribution in [0.4, 0.5) is 34.6 Å². The van der Waals surface area contributed by atoms with Gasteiger partial charge in [-0.3, -0.25) is 19.2 Å². The van der Waals surface area contributed by atoms with Crippen LogP contribution in [0, 0.1) is 17.1 Å². The third-order valence-corrected chi connectivity index (χ3v) is 9.08. The highest BCUT2D eigenvalue weighted by molar-refractivity contribution is 7.81. The maximum Gasteiger partial charge on any atom is 0.417 e. The summed E-state index contributed by atoms with van der Waals surface area (Å²) in [6, 6.07) is 13.4. The van der Waals surface area contributed by atoms with Crippen molar-refractivity contribution >= 4 is 51.1 Å². The number of aryl methyl sites for hydroxylation is 1. The number of H-pyrrole nitrogens is 1. The van der Waals surface area contributed by atoms with Crippen molar-refractivity contribution in [3.63, 3.8) is 0 Å². The summed E-state index contributed by atoms with van der Waals surface area (Å²) >= 11 is 5.68. The van der Waals surface area contributed by atoms with Crippen LogP contribution in [0.25, 0.3) is 10.8 Å². The van der Waals surface area contributed by atoms with E-state index in [4.69, 9.17) is 12.2 Å². The van der Waals surface area contributed by atoms with Gasteiger partial charge in [-0.15, -0.1) is 0 Å². The Morgan fingerprint density at radius 3 is 2.40 bits per heavy atom. The molecular weight excluding hydrogens is 650 g/mol. The van der Waals surface area contributed by atoms with Crippen LogP contribution in [-0.4, -0.2) is 41.5 Å². The molecule has 2 aliphatic rings. The minimum absolute atomic E-state index is 0.0485. The standard InChI is InChI=1S/C32H23F4N9O2S/c1-31(2)29(47)44(19-9-6-16(13-37)21(12-19)32(34,35)36)30(48)45(31)18-7-4-15(5-8-18)25-24(27-38-14-39-43(27)3)26-23-20(28(46)42-41-26)10-17(33)11-22(23)40-25/h4-12,14,24-25,40H,1-3H3,(H,42,46)/t24-,25-/m0/s1. The maximum atomic E-state index is 14.7. The number of hydrogen-bond donors (Lipinski definition) is 2. The largest absolute Gasteiger partial charge is 0.417 e. The molecule has 0 spiro atoms. The number of carbonyl (C=O) groups is 1. The Kier molecular flexibility index (Phi) is 6.88. The molecule has 2 atom stereocenters. The van der Waals surface area contributed by atoms with Gasteiger partial charge in [-0.25, -0.2) is 14.5 Å². The summed E-state index contributed by atoms with van der Waals surface area (Å²) < 4.78 is 57.5. The first kappa shape index (κ1) is 30.9. The molecule has 7 rings (SSSR count). The molecule has 16 heteroatoms. The number of halogens is 4. The molecule has 3 aromatic carbocycles. The molecular formula is C32H23F4N9O2S. The fourth-order valence-corrected chi connectivity index (χ4v) is 6.98. The normalized spacial score (nSPS) is 18.7. The number of thiocarbonyl (C=S) groups is 1. The van der Waals surface area contributed by atoms with Gasteiger partial charge in [0.15, 0.2) is 5.11 Å². The Morgan fingerprint density at radius 1 is 1.04 bits per heavy atom. The number of aromatic amines is 1. The van der Waals surface area contributed by atoms with Crippen LogP contribution in [0.3, 0.4) is 0 Å². The molecule has 48 heavy (non-hydrogen) atoms. The van der Waals surface area contributed by atoms with E-state index in [0.29, 0.717) is 33.8 Å². The third kappa shape index (κ3) is 4.60. The van der Waals surface area contributed by atoms with Crippen LogP contribution < -0.4 is 20.7 Å². The number of nitriles is 1. The molecule has 1 saturated heterocycles. The summed E-state index contributed by atoms with van der Waals surface area (Å²) in [6.45, 7) is 3.21. The Bertz CT molecular complexity index is 2270. The zero-order valence-corrected chi connectivity index (χ0v) is 26.1. The number of aromatic nitrogens is 5. The highest BCUT2D eigenvalue weighted by atomic mass is 32.1. The predicted molar refractivity (Wildman–Crippen MR) is 171 cm³/mol. The topological polar surface area (TPSA) is 136 Å². The summed E-state index contributed by atoms with van der Waals surface area (Å²) in [4.78, 5) is 33.3. The minimum atomic E-state index is -4.82. The number of nitrogens with one attached hydrogen (secondary N) is 2. The highest BCUT2D eigenvalue weighted by Crippen LogP contribution is 2.47. The fraction of sp³-hybridized carbons (Fsp3) is 0.219. The van der Waals surface area contributed by atoms with Gasteiger partial charge in [-0.2, -0.15) is 28.6 Å². The van der Waals surface area contributed by atoms with E-state index in [9.17, 15) is 32.4 Å². The summed E-state index contributed by atoms with van der Waals surface area (Å²) in [5.41, 5.74) is -1.68. The van der Waals surface area contributed by atoms with Crippen molar-refractivity contribution in [2.75, 3.05) is 15.1 Å². The summed E-state index contributed by atoms with van der Waals surface area (Å²) in [6.07, 6.45) is -3.43. The Hall–Kier alpha value is -5.69. The summed E-state index contributed by atoms with van der Waals surface area (Å²) in [5.74, 6) is -1.22. The molecule has 0 bridgehead atoms. The summed E-state index contributed by atoms with van der Waals surface area (Å²) in [7, 11) is 1.72. The van der Waals surface area contributed by atoms with E-state index >= 15 is 0 Å². The lowest BCUT2D eigenvalue weighted by molar-refractivity contribution is -0.137. The van der Waals surface area contributed by atoms with Crippen LogP contribution in [0.2, 0.25) is 0 Å². The zero-order valence-electron chi connectivity index (χ0n) is 25.3. The van der Waals surface area contributed by atoms with Gasteiger partial charge in [0.05, 0.1) is 45.9 Å². The molecule has 2 aromatic heterocycles. The number of nitrogens with zero attached hydrogens (tertiary/aromatic N) is 7. The van der Waals surface area contributed by atoms with E-state index < -0.39 is 52.1 Å². The molecule has 2 aliphatic heterocycles. The molecule has 1 fully saturated rings. The predicted octanol–water partition coefficient (Wildman–Crippen LogP) is 5.30. The number of amides is 1. The molecule has 5 aromatic rings. The van der Waals surface area contributed by atoms with Gasteiger partial charge < -0.3 is 10.2 Å². The second kappa shape index (κ2) is 10.7. The van der Waals surface area contributed by atoms with Crippen LogP contribution in [0.15, 0.2) is 65.7 Å². The average molecular weight is 674 g/mol. The Balaban J connectivity index is 1.28. The van der Waals surface area contributed by atoms with Crippen molar-refractivity contribution in [3.8, 4) is 6.07 Å². The van der Waals surface area contributed by atoms with Crippen LogP contribution >= 0.6 is 12.2 Å². The van der Waals surface area contributed by atoms with Gasteiger partial charge in [0.25, 0.3) is 11.5 Å². The lowest BCUT2D eigenvalue weighted by atomic mass is 9.83. The van der Waals surface area contributed by atoms with Crippen molar-refractivity contribution in [2.45, 2.75) is 37.5 Å². The number of benzene rings is 3. The fourth-order valence-electron chi connectivity index (χ4n) is 6.46. The molecule has 0 saturated carbocycles. The number of anilines is 3. The number of rotatable bonds is 4. The molecule has 1 amide bonds. The molecule has 242 valence electrons. The first-order valence-corrected chi connectivity index (χ1v) is 14.9. The molecule has 2 N–H and O–H groups in total. The lowest BCUT2D eigenvalue weighted by Crippen LogP contribution is -2.44. The molecule has 0 radical (unpaired) electrons. The van der Waals surface area contributed by atoms with E-state index in [-0.39, 0.29) is 16.2 Å². The van der Waals surface area contributed by atoms with Crippen molar-refractivity contribution in [1.82, 2.24) is 25.0 Å². The van der Waals surface area contributed by atoms with E-state index in [2.05, 4.69) is 25.6 Å². The van der Waals surface area contributed by atoms with Gasteiger partial charge in [-0.05, 0) is 74.1 Å². The summed E-state index contributed by atoms with van der Waals surface area (Å²) in [5, 5.41) is 24.2. The van der Waals surface area contributed by atoms with Crippen molar-refractivity contribution < 1.29 is 22.4 Å². The Morgan fingerprint density at radius 2 is 1.75 bits per heavy atom. The van der Waals surface area contributed by atoms with Gasteiger partial charge >= 0.3 is 6.18 Å². The Labute approximate surface area is 274 Å². The average Bonchev–Trinajstić information content (AvgIpc) is 3.54. The molecule has 0 unspecified atom stereocenters. The van der Waals surface area contributed by atoms with Gasteiger partial charge in [-0.1, -0.05) is 12.1 Å². The molecule has 0 aliphatic carbocycles. The van der Waals surface area contributed by atoms with Crippen LogP contribution in [0.1, 0.15) is 54.0 Å². The zero-order chi connectivity index (χ0) is 34.3. The van der Waals surface area contributed by atoms with Crippen molar-refractivity contribution in [2.24, 2.45) is 7.05 Å². The number of carbonyl (C=O) groups excluding carboxylic acids is 1.